The predicted molar refractivity (Wildman–Crippen MR) is 92.5 cm³/mol. The van der Waals surface area contributed by atoms with Crippen LogP contribution in [-0.2, 0) is 0 Å². The molecular weight excluding hydrogens is 310 g/mol. The van der Waals surface area contributed by atoms with Gasteiger partial charge in [0.15, 0.2) is 0 Å². The van der Waals surface area contributed by atoms with E-state index in [4.69, 9.17) is 0 Å². The summed E-state index contributed by atoms with van der Waals surface area (Å²) in [4.78, 5) is 28.8. The van der Waals surface area contributed by atoms with Gasteiger partial charge in [0.05, 0.1) is 27.8 Å². The summed E-state index contributed by atoms with van der Waals surface area (Å²) in [7, 11) is 0. The van der Waals surface area contributed by atoms with E-state index in [0.29, 0.717) is 10.6 Å². The molecule has 1 N–H and O–H groups in total. The van der Waals surface area contributed by atoms with Crippen molar-refractivity contribution in [3.63, 3.8) is 0 Å². The van der Waals surface area contributed by atoms with Gasteiger partial charge in [0.2, 0.25) is 5.95 Å². The first-order valence-electron chi connectivity index (χ1n) is 7.81. The maximum Gasteiger partial charge on any atom is 0.267 e. The minimum absolute atomic E-state index is 0.142. The van der Waals surface area contributed by atoms with Crippen molar-refractivity contribution in [2.45, 2.75) is 40.5 Å². The number of aryl methyl sites for hydroxylation is 4. The van der Waals surface area contributed by atoms with Gasteiger partial charge in [-0.1, -0.05) is 0 Å². The van der Waals surface area contributed by atoms with E-state index in [1.807, 2.05) is 27.7 Å². The number of thiazole rings is 1. The molecule has 23 heavy (non-hydrogen) atoms. The van der Waals surface area contributed by atoms with Gasteiger partial charge in [-0.05, 0) is 40.5 Å². The van der Waals surface area contributed by atoms with E-state index in [2.05, 4.69) is 25.2 Å². The quantitative estimate of drug-likeness (QED) is 0.936. The van der Waals surface area contributed by atoms with E-state index in [9.17, 15) is 4.79 Å². The number of amides is 1. The highest BCUT2D eigenvalue weighted by molar-refractivity contribution is 7.13. The molecule has 0 atom stereocenters. The number of nitrogens with zero attached hydrogens (tertiary/aromatic N) is 4. The molecule has 0 spiro atoms. The lowest BCUT2D eigenvalue weighted by Crippen LogP contribution is -2.22. The van der Waals surface area contributed by atoms with E-state index in [-0.39, 0.29) is 5.91 Å². The highest BCUT2D eigenvalue weighted by Gasteiger charge is 2.20. The lowest BCUT2D eigenvalue weighted by molar-refractivity contribution is 0.102. The number of rotatable bonds is 3. The minimum atomic E-state index is -0.142. The Morgan fingerprint density at radius 1 is 1.00 bits per heavy atom. The highest BCUT2D eigenvalue weighted by atomic mass is 32.1. The van der Waals surface area contributed by atoms with Gasteiger partial charge in [-0.2, -0.15) is 0 Å². The Morgan fingerprint density at radius 3 is 2.13 bits per heavy atom. The summed E-state index contributed by atoms with van der Waals surface area (Å²) in [6.45, 7) is 9.58. The van der Waals surface area contributed by atoms with Crippen LogP contribution in [0.4, 0.5) is 11.6 Å². The van der Waals surface area contributed by atoms with Crippen LogP contribution in [-0.4, -0.2) is 33.9 Å². The van der Waals surface area contributed by atoms with Crippen LogP contribution in [0.2, 0.25) is 0 Å². The maximum atomic E-state index is 12.5. The van der Waals surface area contributed by atoms with Crippen LogP contribution in [0.3, 0.4) is 0 Å². The highest BCUT2D eigenvalue weighted by Crippen LogP contribution is 2.25. The Labute approximate surface area is 140 Å². The summed E-state index contributed by atoms with van der Waals surface area (Å²) in [5.74, 6) is 0.622. The van der Waals surface area contributed by atoms with Crippen LogP contribution >= 0.6 is 11.3 Å². The molecule has 3 rings (SSSR count). The summed E-state index contributed by atoms with van der Waals surface area (Å²) in [5.41, 5.74) is 3.05. The normalized spacial score (nSPS) is 14.3. The van der Waals surface area contributed by atoms with Crippen molar-refractivity contribution in [3.05, 3.63) is 27.0 Å². The molecule has 2 aromatic heterocycles. The predicted octanol–water partition coefficient (Wildman–Crippen LogP) is 3.02. The van der Waals surface area contributed by atoms with Crippen molar-refractivity contribution < 1.29 is 4.79 Å². The number of carbonyl (C=O) groups excluding carboxylic acids is 1. The molecule has 0 radical (unpaired) electrons. The average molecular weight is 331 g/mol. The third kappa shape index (κ3) is 3.19. The van der Waals surface area contributed by atoms with Crippen molar-refractivity contribution >= 4 is 28.9 Å². The molecule has 122 valence electrons. The van der Waals surface area contributed by atoms with Crippen LogP contribution in [0.15, 0.2) is 0 Å². The molecule has 0 aliphatic carbocycles. The molecule has 1 amide bonds. The summed E-state index contributed by atoms with van der Waals surface area (Å²) in [6, 6.07) is 0. The zero-order chi connectivity index (χ0) is 16.6. The summed E-state index contributed by atoms with van der Waals surface area (Å²) < 4.78 is 0. The van der Waals surface area contributed by atoms with Gasteiger partial charge in [-0.25, -0.2) is 15.0 Å². The Kier molecular flexibility index (Phi) is 4.30. The number of nitrogens with one attached hydrogen (secondary N) is 1. The lowest BCUT2D eigenvalue weighted by atomic mass is 10.2. The van der Waals surface area contributed by atoms with Gasteiger partial charge in [0.1, 0.15) is 4.88 Å². The molecule has 1 aliphatic heterocycles. The molecule has 0 saturated carbocycles. The average Bonchev–Trinajstić information content (AvgIpc) is 3.12. The second-order valence-corrected chi connectivity index (χ2v) is 7.07. The van der Waals surface area contributed by atoms with Crippen molar-refractivity contribution in [3.8, 4) is 0 Å². The molecule has 0 unspecified atom stereocenters. The van der Waals surface area contributed by atoms with Gasteiger partial charge in [-0.15, -0.1) is 11.3 Å². The summed E-state index contributed by atoms with van der Waals surface area (Å²) in [5, 5.41) is 3.85. The molecule has 6 nitrogen and oxygen atoms in total. The second kappa shape index (κ2) is 6.23. The molecule has 3 heterocycles. The SMILES string of the molecule is Cc1nc(C)c(C(=O)Nc2c(C)nc(N3CCCC3)nc2C)s1. The summed E-state index contributed by atoms with van der Waals surface area (Å²) >= 11 is 1.40. The number of carbonyl (C=O) groups is 1. The Morgan fingerprint density at radius 2 is 1.61 bits per heavy atom. The van der Waals surface area contributed by atoms with Crippen molar-refractivity contribution in [2.24, 2.45) is 0 Å². The fourth-order valence-electron chi connectivity index (χ4n) is 2.85. The number of anilines is 2. The van der Waals surface area contributed by atoms with Gasteiger partial charge in [0.25, 0.3) is 5.91 Å². The monoisotopic (exact) mass is 331 g/mol. The third-order valence-electron chi connectivity index (χ3n) is 4.00. The Hall–Kier alpha value is -2.02. The van der Waals surface area contributed by atoms with Crippen molar-refractivity contribution in [1.82, 2.24) is 15.0 Å². The van der Waals surface area contributed by atoms with Gasteiger partial charge < -0.3 is 10.2 Å². The maximum absolute atomic E-state index is 12.5. The molecule has 0 bridgehead atoms. The number of hydrogen-bond acceptors (Lipinski definition) is 6. The van der Waals surface area contributed by atoms with Crippen LogP contribution in [0.5, 0.6) is 0 Å². The van der Waals surface area contributed by atoms with Crippen LogP contribution in [0.1, 0.15) is 44.6 Å². The molecule has 7 heteroatoms. The summed E-state index contributed by atoms with van der Waals surface area (Å²) in [6.07, 6.45) is 2.37. The van der Waals surface area contributed by atoms with Crippen LogP contribution in [0, 0.1) is 27.7 Å². The van der Waals surface area contributed by atoms with Crippen LogP contribution in [0.25, 0.3) is 0 Å². The van der Waals surface area contributed by atoms with E-state index >= 15 is 0 Å². The topological polar surface area (TPSA) is 71.0 Å². The first-order valence-corrected chi connectivity index (χ1v) is 8.63. The van der Waals surface area contributed by atoms with Crippen molar-refractivity contribution in [1.29, 1.82) is 0 Å². The minimum Gasteiger partial charge on any atom is -0.341 e. The second-order valence-electron chi connectivity index (χ2n) is 5.87. The largest absolute Gasteiger partial charge is 0.341 e. The van der Waals surface area contributed by atoms with E-state index in [0.717, 1.165) is 41.1 Å². The standard InChI is InChI=1S/C16H21N5OS/c1-9-13(20-15(22)14-11(3)17-12(4)23-14)10(2)19-16(18-9)21-7-5-6-8-21/h5-8H2,1-4H3,(H,20,22). The molecular formula is C16H21N5OS. The Balaban J connectivity index is 1.85. The first-order chi connectivity index (χ1) is 11.0. The fraction of sp³-hybridized carbons (Fsp3) is 0.500. The number of aromatic nitrogens is 3. The zero-order valence-corrected chi connectivity index (χ0v) is 14.8. The van der Waals surface area contributed by atoms with E-state index in [1.165, 1.54) is 24.2 Å². The zero-order valence-electron chi connectivity index (χ0n) is 13.9. The third-order valence-corrected chi connectivity index (χ3v) is 5.07. The molecule has 0 aromatic carbocycles. The molecule has 1 fully saturated rings. The molecule has 2 aromatic rings. The van der Waals surface area contributed by atoms with Gasteiger partial charge in [-0.3, -0.25) is 4.79 Å². The van der Waals surface area contributed by atoms with Crippen LogP contribution < -0.4 is 10.2 Å². The van der Waals surface area contributed by atoms with Gasteiger partial charge >= 0.3 is 0 Å². The fourth-order valence-corrected chi connectivity index (χ4v) is 3.67. The van der Waals surface area contributed by atoms with Gasteiger partial charge in [0, 0.05) is 13.1 Å². The van der Waals surface area contributed by atoms with E-state index in [1.54, 1.807) is 0 Å². The van der Waals surface area contributed by atoms with Crippen molar-refractivity contribution in [2.75, 3.05) is 23.3 Å². The Bertz CT molecular complexity index is 726. The smallest absolute Gasteiger partial charge is 0.267 e. The lowest BCUT2D eigenvalue weighted by Gasteiger charge is -2.18. The first kappa shape index (κ1) is 15.9. The number of hydrogen-bond donors (Lipinski definition) is 1. The molecule has 1 saturated heterocycles. The van der Waals surface area contributed by atoms with E-state index < -0.39 is 0 Å². The molecule has 1 aliphatic rings.